The van der Waals surface area contributed by atoms with Crippen molar-refractivity contribution in [2.24, 2.45) is 5.73 Å². The zero-order valence-electron chi connectivity index (χ0n) is 21.9. The van der Waals surface area contributed by atoms with E-state index < -0.39 is 54.5 Å². The third-order valence-electron chi connectivity index (χ3n) is 5.34. The second kappa shape index (κ2) is 12.9. The molecule has 37 heavy (non-hydrogen) atoms. The van der Waals surface area contributed by atoms with Crippen molar-refractivity contribution >= 4 is 29.5 Å². The maximum Gasteiger partial charge on any atom is 0.408 e. The molecule has 2 unspecified atom stereocenters. The van der Waals surface area contributed by atoms with Crippen molar-refractivity contribution in [3.63, 3.8) is 0 Å². The number of hydrogen-bond acceptors (Lipinski definition) is 6. The SMILES string of the molecule is Cc1cccc(C(C(=O)Nc2ccccc2C)N(CCO)C(=O)C(CC(N)=O)NC(=O)OC(C)(C)C)c1. The quantitative estimate of drug-likeness (QED) is 0.384. The number of aryl methyl sites for hydroxylation is 2. The highest BCUT2D eigenvalue weighted by molar-refractivity contribution is 6.00. The third kappa shape index (κ3) is 8.91. The summed E-state index contributed by atoms with van der Waals surface area (Å²) in [6, 6.07) is 11.6. The molecule has 2 aromatic rings. The molecule has 0 aliphatic rings. The molecule has 2 aromatic carbocycles. The van der Waals surface area contributed by atoms with Crippen LogP contribution in [0.25, 0.3) is 0 Å². The van der Waals surface area contributed by atoms with Crippen LogP contribution in [0.3, 0.4) is 0 Å². The number of alkyl carbamates (subject to hydrolysis) is 1. The maximum absolute atomic E-state index is 13.8. The van der Waals surface area contributed by atoms with Gasteiger partial charge in [-0.1, -0.05) is 48.0 Å². The highest BCUT2D eigenvalue weighted by atomic mass is 16.6. The number of para-hydroxylation sites is 1. The zero-order chi connectivity index (χ0) is 27.8. The predicted molar refractivity (Wildman–Crippen MR) is 139 cm³/mol. The fourth-order valence-electron chi connectivity index (χ4n) is 3.75. The topological polar surface area (TPSA) is 151 Å². The van der Waals surface area contributed by atoms with Crippen LogP contribution in [0.1, 0.15) is 49.9 Å². The normalized spacial score (nSPS) is 12.7. The van der Waals surface area contributed by atoms with Gasteiger partial charge in [-0.3, -0.25) is 14.4 Å². The summed E-state index contributed by atoms with van der Waals surface area (Å²) in [7, 11) is 0. The summed E-state index contributed by atoms with van der Waals surface area (Å²) in [4.78, 5) is 52.8. The van der Waals surface area contributed by atoms with Crippen molar-refractivity contribution in [2.75, 3.05) is 18.5 Å². The fourth-order valence-corrected chi connectivity index (χ4v) is 3.75. The molecule has 0 aliphatic carbocycles. The second-order valence-corrected chi connectivity index (χ2v) is 9.75. The number of nitrogens with two attached hydrogens (primary N) is 1. The van der Waals surface area contributed by atoms with Gasteiger partial charge in [0.25, 0.3) is 5.91 Å². The van der Waals surface area contributed by atoms with E-state index in [0.29, 0.717) is 11.3 Å². The van der Waals surface area contributed by atoms with Crippen molar-refractivity contribution in [2.45, 2.75) is 58.7 Å². The van der Waals surface area contributed by atoms with Crippen LogP contribution in [0.4, 0.5) is 10.5 Å². The molecule has 0 radical (unpaired) electrons. The van der Waals surface area contributed by atoms with Crippen LogP contribution in [0.15, 0.2) is 48.5 Å². The maximum atomic E-state index is 13.8. The lowest BCUT2D eigenvalue weighted by Crippen LogP contribution is -2.54. The first-order valence-corrected chi connectivity index (χ1v) is 11.9. The molecular weight excluding hydrogens is 476 g/mol. The Morgan fingerprint density at radius 2 is 1.73 bits per heavy atom. The Hall–Kier alpha value is -3.92. The summed E-state index contributed by atoms with van der Waals surface area (Å²) in [5.74, 6) is -2.14. The number of benzene rings is 2. The minimum Gasteiger partial charge on any atom is -0.444 e. The van der Waals surface area contributed by atoms with Gasteiger partial charge in [0.15, 0.2) is 0 Å². The van der Waals surface area contributed by atoms with Gasteiger partial charge in [0.05, 0.1) is 13.0 Å². The zero-order valence-corrected chi connectivity index (χ0v) is 21.9. The minimum atomic E-state index is -1.42. The Morgan fingerprint density at radius 1 is 1.05 bits per heavy atom. The van der Waals surface area contributed by atoms with Gasteiger partial charge >= 0.3 is 6.09 Å². The largest absolute Gasteiger partial charge is 0.444 e. The van der Waals surface area contributed by atoms with E-state index in [0.717, 1.165) is 16.0 Å². The van der Waals surface area contributed by atoms with Crippen molar-refractivity contribution in [1.82, 2.24) is 10.2 Å². The van der Waals surface area contributed by atoms with E-state index >= 15 is 0 Å². The lowest BCUT2D eigenvalue weighted by molar-refractivity contribution is -0.142. The molecular formula is C27H36N4O6. The first-order chi connectivity index (χ1) is 17.3. The van der Waals surface area contributed by atoms with E-state index in [1.54, 1.807) is 51.1 Å². The van der Waals surface area contributed by atoms with Gasteiger partial charge in [-0.25, -0.2) is 4.79 Å². The number of aliphatic hydroxyl groups is 1. The van der Waals surface area contributed by atoms with Crippen LogP contribution in [0.2, 0.25) is 0 Å². The number of aliphatic hydroxyl groups excluding tert-OH is 1. The van der Waals surface area contributed by atoms with Gasteiger partial charge in [0, 0.05) is 12.2 Å². The second-order valence-electron chi connectivity index (χ2n) is 9.75. The average molecular weight is 513 g/mol. The molecule has 0 saturated heterocycles. The standard InChI is InChI=1S/C27H36N4O6/c1-17-9-8-11-19(15-17)23(24(34)29-20-12-7-6-10-18(20)2)31(13-14-32)25(35)21(16-22(28)33)30-26(36)37-27(3,4)5/h6-12,15,21,23,32H,13-14,16H2,1-5H3,(H2,28,33)(H,29,34)(H,30,36). The van der Waals surface area contributed by atoms with Crippen molar-refractivity contribution < 1.29 is 29.0 Å². The molecule has 2 rings (SSSR count). The highest BCUT2D eigenvalue weighted by Gasteiger charge is 2.37. The summed E-state index contributed by atoms with van der Waals surface area (Å²) >= 11 is 0. The van der Waals surface area contributed by atoms with Gasteiger partial charge in [-0.2, -0.15) is 0 Å². The van der Waals surface area contributed by atoms with E-state index in [-0.39, 0.29) is 6.54 Å². The molecule has 0 bridgehead atoms. The average Bonchev–Trinajstić information content (AvgIpc) is 2.78. The fraction of sp³-hybridized carbons (Fsp3) is 0.407. The molecule has 0 saturated carbocycles. The molecule has 5 N–H and O–H groups in total. The molecule has 2 atom stereocenters. The number of nitrogens with one attached hydrogen (secondary N) is 2. The van der Waals surface area contributed by atoms with E-state index in [1.807, 2.05) is 32.0 Å². The number of rotatable bonds is 10. The van der Waals surface area contributed by atoms with Crippen LogP contribution in [-0.2, 0) is 19.1 Å². The van der Waals surface area contributed by atoms with Crippen LogP contribution in [0, 0.1) is 13.8 Å². The number of carbonyl (C=O) groups excluding carboxylic acids is 4. The predicted octanol–water partition coefficient (Wildman–Crippen LogP) is 2.57. The molecule has 10 heteroatoms. The summed E-state index contributed by atoms with van der Waals surface area (Å²) in [5.41, 5.74) is 7.22. The van der Waals surface area contributed by atoms with Crippen LogP contribution >= 0.6 is 0 Å². The number of hydrogen-bond donors (Lipinski definition) is 4. The van der Waals surface area contributed by atoms with Gasteiger partial charge in [-0.15, -0.1) is 0 Å². The van der Waals surface area contributed by atoms with Crippen LogP contribution < -0.4 is 16.4 Å². The van der Waals surface area contributed by atoms with Gasteiger partial charge in [0.2, 0.25) is 11.8 Å². The number of anilines is 1. The Balaban J connectivity index is 2.51. The lowest BCUT2D eigenvalue weighted by Gasteiger charge is -2.34. The minimum absolute atomic E-state index is 0.246. The van der Waals surface area contributed by atoms with Crippen LogP contribution in [-0.4, -0.2) is 58.6 Å². The highest BCUT2D eigenvalue weighted by Crippen LogP contribution is 2.26. The number of ether oxygens (including phenoxy) is 1. The Kier molecular flexibility index (Phi) is 10.2. The summed E-state index contributed by atoms with van der Waals surface area (Å²) in [5, 5.41) is 15.1. The summed E-state index contributed by atoms with van der Waals surface area (Å²) in [6.45, 7) is 7.92. The monoisotopic (exact) mass is 512 g/mol. The van der Waals surface area contributed by atoms with Crippen molar-refractivity contribution in [1.29, 1.82) is 0 Å². The van der Waals surface area contributed by atoms with E-state index in [4.69, 9.17) is 10.5 Å². The molecule has 0 heterocycles. The molecule has 0 fully saturated rings. The van der Waals surface area contributed by atoms with Crippen molar-refractivity contribution in [3.8, 4) is 0 Å². The Bertz CT molecular complexity index is 1130. The van der Waals surface area contributed by atoms with E-state index in [2.05, 4.69) is 10.6 Å². The van der Waals surface area contributed by atoms with Crippen molar-refractivity contribution in [3.05, 3.63) is 65.2 Å². The first-order valence-electron chi connectivity index (χ1n) is 11.9. The molecule has 10 nitrogen and oxygen atoms in total. The lowest BCUT2D eigenvalue weighted by atomic mass is 10.00. The number of amides is 4. The number of carbonyl (C=O) groups is 4. The van der Waals surface area contributed by atoms with E-state index in [9.17, 15) is 24.3 Å². The third-order valence-corrected chi connectivity index (χ3v) is 5.34. The summed E-state index contributed by atoms with van der Waals surface area (Å²) in [6.07, 6.45) is -1.45. The molecule has 200 valence electrons. The first kappa shape index (κ1) is 29.3. The molecule has 0 aromatic heterocycles. The van der Waals surface area contributed by atoms with Crippen LogP contribution in [0.5, 0.6) is 0 Å². The number of nitrogens with zero attached hydrogens (tertiary/aromatic N) is 1. The molecule has 4 amide bonds. The summed E-state index contributed by atoms with van der Waals surface area (Å²) < 4.78 is 5.24. The van der Waals surface area contributed by atoms with Gasteiger partial charge < -0.3 is 31.1 Å². The Labute approximate surface area is 217 Å². The number of primary amides is 1. The van der Waals surface area contributed by atoms with Gasteiger partial charge in [0.1, 0.15) is 17.7 Å². The smallest absolute Gasteiger partial charge is 0.408 e. The molecule has 0 spiro atoms. The van der Waals surface area contributed by atoms with Gasteiger partial charge in [-0.05, 0) is 51.8 Å². The Morgan fingerprint density at radius 3 is 2.30 bits per heavy atom. The van der Waals surface area contributed by atoms with E-state index in [1.165, 1.54) is 0 Å². The molecule has 0 aliphatic heterocycles.